The van der Waals surface area contributed by atoms with Crippen LogP contribution in [0.15, 0.2) is 51.7 Å². The number of esters is 1. The molecule has 0 bridgehead atoms. The molecule has 33 heavy (non-hydrogen) atoms. The molecule has 1 heterocycles. The van der Waals surface area contributed by atoms with Crippen LogP contribution in [0.4, 0.5) is 5.69 Å². The van der Waals surface area contributed by atoms with Gasteiger partial charge in [-0.1, -0.05) is 37.6 Å². The standard InChI is InChI=1S/C22H22ClN3O7/c1-13(2)19(24-20(27)15-9-8-14(26(30)31)12-16(15)23)21(28)32-11-5-10-25-17-6-3-4-7-18(17)33-22(25)29/h3-4,6-9,12-13,19H,5,10-11H2,1-2H3,(H,24,27)/t19-/m0/s1. The highest BCUT2D eigenvalue weighted by Crippen LogP contribution is 2.23. The van der Waals surface area contributed by atoms with Gasteiger partial charge in [0.15, 0.2) is 5.58 Å². The van der Waals surface area contributed by atoms with Crippen molar-refractivity contribution in [3.63, 3.8) is 0 Å². The van der Waals surface area contributed by atoms with Crippen LogP contribution in [-0.4, -0.2) is 34.0 Å². The van der Waals surface area contributed by atoms with E-state index in [2.05, 4.69) is 5.32 Å². The summed E-state index contributed by atoms with van der Waals surface area (Å²) in [6, 6.07) is 9.52. The van der Waals surface area contributed by atoms with E-state index in [1.54, 1.807) is 38.1 Å². The Labute approximate surface area is 193 Å². The lowest BCUT2D eigenvalue weighted by Crippen LogP contribution is -2.45. The van der Waals surface area contributed by atoms with Crippen molar-refractivity contribution < 1.29 is 23.7 Å². The van der Waals surface area contributed by atoms with E-state index in [4.69, 9.17) is 20.8 Å². The van der Waals surface area contributed by atoms with Crippen LogP contribution in [0.1, 0.15) is 30.6 Å². The Kier molecular flexibility index (Phi) is 7.49. The van der Waals surface area contributed by atoms with Crippen LogP contribution in [0.3, 0.4) is 0 Å². The first-order chi connectivity index (χ1) is 15.7. The molecule has 1 N–H and O–H groups in total. The van der Waals surface area contributed by atoms with E-state index in [1.807, 2.05) is 0 Å². The third-order valence-corrected chi connectivity index (χ3v) is 5.27. The van der Waals surface area contributed by atoms with E-state index in [0.717, 1.165) is 12.1 Å². The van der Waals surface area contributed by atoms with Crippen molar-refractivity contribution in [3.8, 4) is 0 Å². The number of carbonyl (C=O) groups excluding carboxylic acids is 2. The minimum Gasteiger partial charge on any atom is -0.464 e. The van der Waals surface area contributed by atoms with Crippen molar-refractivity contribution in [2.45, 2.75) is 32.9 Å². The smallest absolute Gasteiger partial charge is 0.419 e. The second kappa shape index (κ2) is 10.3. The van der Waals surface area contributed by atoms with Crippen LogP contribution in [0.25, 0.3) is 11.1 Å². The summed E-state index contributed by atoms with van der Waals surface area (Å²) in [4.78, 5) is 47.4. The molecule has 1 amide bonds. The van der Waals surface area contributed by atoms with Gasteiger partial charge in [-0.05, 0) is 30.5 Å². The number of hydrogen-bond acceptors (Lipinski definition) is 7. The molecule has 1 aromatic heterocycles. The lowest BCUT2D eigenvalue weighted by molar-refractivity contribution is -0.384. The van der Waals surface area contributed by atoms with Gasteiger partial charge >= 0.3 is 11.7 Å². The van der Waals surface area contributed by atoms with Crippen LogP contribution >= 0.6 is 11.6 Å². The molecule has 3 aromatic rings. The first kappa shape index (κ1) is 24.0. The average molecular weight is 476 g/mol. The van der Waals surface area contributed by atoms with Crippen molar-refractivity contribution in [2.75, 3.05) is 6.61 Å². The number of aromatic nitrogens is 1. The molecular weight excluding hydrogens is 454 g/mol. The molecule has 0 fully saturated rings. The van der Waals surface area contributed by atoms with Gasteiger partial charge in [-0.25, -0.2) is 9.59 Å². The van der Waals surface area contributed by atoms with E-state index in [1.165, 1.54) is 10.6 Å². The zero-order valence-electron chi connectivity index (χ0n) is 17.9. The number of halogens is 1. The third kappa shape index (κ3) is 5.58. The normalized spacial score (nSPS) is 12.0. The summed E-state index contributed by atoms with van der Waals surface area (Å²) < 4.78 is 11.9. The minimum absolute atomic E-state index is 0.00641. The number of rotatable bonds is 9. The van der Waals surface area contributed by atoms with Crippen LogP contribution < -0.4 is 11.1 Å². The van der Waals surface area contributed by atoms with Crippen molar-refractivity contribution in [1.82, 2.24) is 9.88 Å². The maximum Gasteiger partial charge on any atom is 0.419 e. The van der Waals surface area contributed by atoms with Gasteiger partial charge in [-0.3, -0.25) is 19.5 Å². The van der Waals surface area contributed by atoms with Crippen molar-refractivity contribution in [1.29, 1.82) is 0 Å². The first-order valence-electron chi connectivity index (χ1n) is 10.2. The number of benzene rings is 2. The molecule has 0 saturated carbocycles. The molecule has 11 heteroatoms. The van der Waals surface area contributed by atoms with Gasteiger partial charge in [0.2, 0.25) is 0 Å². The molecule has 3 rings (SSSR count). The summed E-state index contributed by atoms with van der Waals surface area (Å²) in [5.74, 6) is -2.07. The van der Waals surface area contributed by atoms with Crippen LogP contribution in [0.5, 0.6) is 0 Å². The van der Waals surface area contributed by atoms with Gasteiger partial charge in [-0.15, -0.1) is 0 Å². The number of hydrogen-bond donors (Lipinski definition) is 1. The molecule has 1 atom stereocenters. The highest BCUT2D eigenvalue weighted by Gasteiger charge is 2.27. The predicted octanol–water partition coefficient (Wildman–Crippen LogP) is 3.54. The number of aryl methyl sites for hydroxylation is 1. The molecule has 0 radical (unpaired) electrons. The molecule has 0 saturated heterocycles. The number of para-hydroxylation sites is 2. The Balaban J connectivity index is 1.59. The van der Waals surface area contributed by atoms with Crippen LogP contribution in [-0.2, 0) is 16.1 Å². The highest BCUT2D eigenvalue weighted by molar-refractivity contribution is 6.34. The monoisotopic (exact) mass is 475 g/mol. The Morgan fingerprint density at radius 3 is 2.64 bits per heavy atom. The number of fused-ring (bicyclic) bond motifs is 1. The fraction of sp³-hybridized carbons (Fsp3) is 0.318. The van der Waals surface area contributed by atoms with Gasteiger partial charge in [0.25, 0.3) is 11.6 Å². The number of carbonyl (C=O) groups is 2. The zero-order chi connectivity index (χ0) is 24.1. The van der Waals surface area contributed by atoms with Crippen molar-refractivity contribution >= 4 is 40.3 Å². The average Bonchev–Trinajstić information content (AvgIpc) is 3.09. The first-order valence-corrected chi connectivity index (χ1v) is 10.6. The Bertz CT molecular complexity index is 1250. The Hall–Kier alpha value is -3.66. The molecular formula is C22H22ClN3O7. The van der Waals surface area contributed by atoms with Crippen LogP contribution in [0, 0.1) is 16.0 Å². The number of oxazole rings is 1. The number of ether oxygens (including phenoxy) is 1. The van der Waals surface area contributed by atoms with E-state index < -0.39 is 28.6 Å². The largest absolute Gasteiger partial charge is 0.464 e. The van der Waals surface area contributed by atoms with Crippen molar-refractivity contribution in [2.24, 2.45) is 5.92 Å². The zero-order valence-corrected chi connectivity index (χ0v) is 18.7. The van der Waals surface area contributed by atoms with Gasteiger partial charge in [-0.2, -0.15) is 0 Å². The fourth-order valence-corrected chi connectivity index (χ4v) is 3.49. The maximum atomic E-state index is 12.6. The molecule has 0 aliphatic rings. The second-order valence-electron chi connectivity index (χ2n) is 7.62. The van der Waals surface area contributed by atoms with Gasteiger partial charge in [0.05, 0.1) is 27.6 Å². The van der Waals surface area contributed by atoms with E-state index >= 15 is 0 Å². The molecule has 2 aromatic carbocycles. The molecule has 0 aliphatic heterocycles. The van der Waals surface area contributed by atoms with Gasteiger partial charge in [0, 0.05) is 18.7 Å². The predicted molar refractivity (Wildman–Crippen MR) is 120 cm³/mol. The number of non-ortho nitro benzene ring substituents is 1. The summed E-state index contributed by atoms with van der Waals surface area (Å²) >= 11 is 6.00. The Morgan fingerprint density at radius 1 is 1.24 bits per heavy atom. The lowest BCUT2D eigenvalue weighted by Gasteiger charge is -2.21. The number of nitrogens with zero attached hydrogens (tertiary/aromatic N) is 2. The van der Waals surface area contributed by atoms with Gasteiger partial charge in [0.1, 0.15) is 6.04 Å². The van der Waals surface area contributed by atoms with Crippen molar-refractivity contribution in [3.05, 3.63) is 73.7 Å². The summed E-state index contributed by atoms with van der Waals surface area (Å²) in [6.07, 6.45) is 0.363. The maximum absolute atomic E-state index is 12.6. The van der Waals surface area contributed by atoms with Crippen LogP contribution in [0.2, 0.25) is 5.02 Å². The van der Waals surface area contributed by atoms with E-state index in [0.29, 0.717) is 24.1 Å². The lowest BCUT2D eigenvalue weighted by atomic mass is 10.0. The molecule has 174 valence electrons. The quantitative estimate of drug-likeness (QED) is 0.216. The minimum atomic E-state index is -0.957. The SMILES string of the molecule is CC(C)[C@H](NC(=O)c1ccc([N+](=O)[O-])cc1Cl)C(=O)OCCCn1c(=O)oc2ccccc21. The number of nitrogens with one attached hydrogen (secondary N) is 1. The molecule has 0 unspecified atom stereocenters. The molecule has 0 aliphatic carbocycles. The summed E-state index contributed by atoms with van der Waals surface area (Å²) in [5.41, 5.74) is 0.890. The third-order valence-electron chi connectivity index (χ3n) is 4.96. The number of nitro benzene ring substituents is 1. The topological polar surface area (TPSA) is 134 Å². The Morgan fingerprint density at radius 2 is 1.97 bits per heavy atom. The van der Waals surface area contributed by atoms with Gasteiger partial charge < -0.3 is 14.5 Å². The van der Waals surface area contributed by atoms with E-state index in [-0.39, 0.29) is 28.8 Å². The second-order valence-corrected chi connectivity index (χ2v) is 8.03. The highest BCUT2D eigenvalue weighted by atomic mass is 35.5. The number of amides is 1. The number of nitro groups is 1. The summed E-state index contributed by atoms with van der Waals surface area (Å²) in [5, 5.41) is 13.3. The summed E-state index contributed by atoms with van der Waals surface area (Å²) in [7, 11) is 0. The molecule has 10 nitrogen and oxygen atoms in total. The fourth-order valence-electron chi connectivity index (χ4n) is 3.23. The molecule has 0 spiro atoms. The summed E-state index contributed by atoms with van der Waals surface area (Å²) in [6.45, 7) is 3.80. The van der Waals surface area contributed by atoms with E-state index in [9.17, 15) is 24.5 Å².